The smallest absolute Gasteiger partial charge is 0.329 e. The predicted molar refractivity (Wildman–Crippen MR) is 129 cm³/mol. The Morgan fingerprint density at radius 2 is 1.79 bits per heavy atom. The zero-order chi connectivity index (χ0) is 24.1. The van der Waals surface area contributed by atoms with Crippen LogP contribution in [-0.2, 0) is 16.1 Å². The van der Waals surface area contributed by atoms with E-state index in [0.717, 1.165) is 43.0 Å². The van der Waals surface area contributed by atoms with Gasteiger partial charge in [0.05, 0.1) is 12.3 Å². The first kappa shape index (κ1) is 24.4. The fourth-order valence-corrected chi connectivity index (χ4v) is 5.27. The second-order valence-electron chi connectivity index (χ2n) is 8.68. The van der Waals surface area contributed by atoms with E-state index in [4.69, 9.17) is 14.9 Å². The zero-order valence-corrected chi connectivity index (χ0v) is 19.9. The number of ether oxygens (including phenoxy) is 1. The summed E-state index contributed by atoms with van der Waals surface area (Å²) in [7, 11) is 0. The highest BCUT2D eigenvalue weighted by Crippen LogP contribution is 2.41. The van der Waals surface area contributed by atoms with Gasteiger partial charge < -0.3 is 9.84 Å². The Balaban J connectivity index is 1.62. The summed E-state index contributed by atoms with van der Waals surface area (Å²) in [5, 5.41) is 14.2. The van der Waals surface area contributed by atoms with E-state index in [0.29, 0.717) is 35.6 Å². The minimum absolute atomic E-state index is 0.216. The molecule has 0 aliphatic heterocycles. The molecule has 0 spiro atoms. The van der Waals surface area contributed by atoms with Crippen molar-refractivity contribution in [2.45, 2.75) is 37.3 Å². The summed E-state index contributed by atoms with van der Waals surface area (Å²) >= 11 is 1.42. The topological polar surface area (TPSA) is 64.4 Å². The van der Waals surface area contributed by atoms with Crippen LogP contribution in [0.2, 0.25) is 0 Å². The molecule has 1 aliphatic rings. The molecule has 2 aromatic carbocycles. The molecule has 1 aliphatic carbocycles. The Morgan fingerprint density at radius 3 is 2.47 bits per heavy atom. The number of aliphatic carboxylic acids is 1. The maximum absolute atomic E-state index is 14.9. The number of halogens is 2. The summed E-state index contributed by atoms with van der Waals surface area (Å²) in [6.45, 7) is 0.887. The Hall–Kier alpha value is -2.71. The minimum Gasteiger partial charge on any atom is -0.480 e. The van der Waals surface area contributed by atoms with Crippen molar-refractivity contribution in [2.75, 3.05) is 19.5 Å². The molecule has 34 heavy (non-hydrogen) atoms. The van der Waals surface area contributed by atoms with Crippen LogP contribution in [0.3, 0.4) is 0 Å². The number of thioether (sulfide) groups is 1. The second-order valence-corrected chi connectivity index (χ2v) is 9.47. The molecule has 180 valence electrons. The Bertz CT molecular complexity index is 1130. The summed E-state index contributed by atoms with van der Waals surface area (Å²) in [6.07, 6.45) is 5.78. The molecule has 0 radical (unpaired) electrons. The van der Waals surface area contributed by atoms with Crippen molar-refractivity contribution in [1.82, 2.24) is 9.78 Å². The third-order valence-electron chi connectivity index (χ3n) is 6.36. The van der Waals surface area contributed by atoms with Crippen molar-refractivity contribution in [3.63, 3.8) is 0 Å². The lowest BCUT2D eigenvalue weighted by atomic mass is 9.82. The quantitative estimate of drug-likeness (QED) is 0.369. The number of carbonyl (C=O) groups is 1. The third kappa shape index (κ3) is 5.50. The van der Waals surface area contributed by atoms with Crippen molar-refractivity contribution in [3.8, 4) is 22.4 Å². The molecule has 0 atom stereocenters. The van der Waals surface area contributed by atoms with Gasteiger partial charge in [-0.2, -0.15) is 5.10 Å². The average molecular weight is 487 g/mol. The van der Waals surface area contributed by atoms with E-state index < -0.39 is 17.6 Å². The maximum Gasteiger partial charge on any atom is 0.329 e. The second kappa shape index (κ2) is 11.1. The summed E-state index contributed by atoms with van der Waals surface area (Å²) in [6, 6.07) is 14.0. The molecule has 1 heterocycles. The van der Waals surface area contributed by atoms with Gasteiger partial charge in [-0.05, 0) is 49.8 Å². The van der Waals surface area contributed by atoms with E-state index in [1.807, 2.05) is 41.3 Å². The lowest BCUT2D eigenvalue weighted by Gasteiger charge is -2.28. The monoisotopic (exact) mass is 486 g/mol. The Morgan fingerprint density at radius 1 is 1.09 bits per heavy atom. The average Bonchev–Trinajstić information content (AvgIpc) is 3.20. The predicted octanol–water partition coefficient (Wildman–Crippen LogP) is 6.12. The summed E-state index contributed by atoms with van der Waals surface area (Å²) < 4.78 is 36.3. The number of hydrogen-bond acceptors (Lipinski definition) is 4. The molecule has 0 saturated heterocycles. The molecule has 1 N–H and O–H groups in total. The lowest BCUT2D eigenvalue weighted by molar-refractivity contribution is -0.142. The van der Waals surface area contributed by atoms with E-state index in [1.165, 1.54) is 17.8 Å². The highest BCUT2D eigenvalue weighted by Gasteiger charge is 2.27. The molecule has 0 unspecified atom stereocenters. The SMILES string of the molecule is CSc1nn(C[C@H]2CC[C@@H](COCC(=O)O)CC2)c(-c2ccccc2)c1-c1cccc(F)c1F. The first-order valence-electron chi connectivity index (χ1n) is 11.4. The van der Waals surface area contributed by atoms with Gasteiger partial charge in [-0.15, -0.1) is 11.8 Å². The fraction of sp³-hybridized carbons (Fsp3) is 0.385. The number of carboxylic acid groups (broad SMARTS) is 1. The summed E-state index contributed by atoms with van der Waals surface area (Å²) in [5.74, 6) is -1.94. The number of hydrogen-bond donors (Lipinski definition) is 1. The van der Waals surface area contributed by atoms with E-state index >= 15 is 0 Å². The van der Waals surface area contributed by atoms with Crippen LogP contribution in [0.1, 0.15) is 25.7 Å². The molecule has 1 fully saturated rings. The van der Waals surface area contributed by atoms with Gasteiger partial charge in [0.15, 0.2) is 11.6 Å². The zero-order valence-electron chi connectivity index (χ0n) is 19.0. The van der Waals surface area contributed by atoms with Gasteiger partial charge in [-0.1, -0.05) is 42.5 Å². The fourth-order valence-electron chi connectivity index (χ4n) is 4.68. The van der Waals surface area contributed by atoms with Crippen molar-refractivity contribution in [3.05, 3.63) is 60.2 Å². The maximum atomic E-state index is 14.9. The van der Waals surface area contributed by atoms with E-state index in [9.17, 15) is 13.6 Å². The number of rotatable bonds is 9. The molecule has 1 aromatic heterocycles. The normalized spacial score (nSPS) is 18.2. The van der Waals surface area contributed by atoms with Crippen LogP contribution >= 0.6 is 11.8 Å². The minimum atomic E-state index is -0.948. The number of nitrogens with zero attached hydrogens (tertiary/aromatic N) is 2. The highest BCUT2D eigenvalue weighted by atomic mass is 32.2. The van der Waals surface area contributed by atoms with Crippen LogP contribution < -0.4 is 0 Å². The van der Waals surface area contributed by atoms with Crippen LogP contribution in [0, 0.1) is 23.5 Å². The Labute approximate surface area is 202 Å². The molecule has 5 nitrogen and oxygen atoms in total. The standard InChI is InChI=1S/C26H28F2N2O3S/c1-34-26-23(20-8-5-9-21(27)24(20)28)25(19-6-3-2-4-7-19)30(29-26)14-17-10-12-18(13-11-17)15-33-16-22(31)32/h2-9,17-18H,10-16H2,1H3,(H,31,32)/t17-,18+. The first-order chi connectivity index (χ1) is 16.5. The first-order valence-corrected chi connectivity index (χ1v) is 12.6. The molecule has 3 aromatic rings. The number of aromatic nitrogens is 2. The third-order valence-corrected chi connectivity index (χ3v) is 7.03. The lowest BCUT2D eigenvalue weighted by Crippen LogP contribution is -2.23. The molecular weight excluding hydrogens is 458 g/mol. The molecular formula is C26H28F2N2O3S. The summed E-state index contributed by atoms with van der Waals surface area (Å²) in [5.41, 5.74) is 2.53. The highest BCUT2D eigenvalue weighted by molar-refractivity contribution is 7.98. The van der Waals surface area contributed by atoms with Gasteiger partial charge in [-0.25, -0.2) is 13.6 Å². The van der Waals surface area contributed by atoms with Crippen molar-refractivity contribution in [1.29, 1.82) is 0 Å². The van der Waals surface area contributed by atoms with Gasteiger partial charge >= 0.3 is 5.97 Å². The van der Waals surface area contributed by atoms with E-state index in [-0.39, 0.29) is 12.2 Å². The van der Waals surface area contributed by atoms with Gasteiger partial charge in [0, 0.05) is 23.2 Å². The van der Waals surface area contributed by atoms with Crippen LogP contribution in [0.5, 0.6) is 0 Å². The van der Waals surface area contributed by atoms with Gasteiger partial charge in [-0.3, -0.25) is 4.68 Å². The van der Waals surface area contributed by atoms with Crippen molar-refractivity contribution in [2.24, 2.45) is 11.8 Å². The van der Waals surface area contributed by atoms with Crippen molar-refractivity contribution >= 4 is 17.7 Å². The largest absolute Gasteiger partial charge is 0.480 e. The molecule has 0 bridgehead atoms. The van der Waals surface area contributed by atoms with E-state index in [1.54, 1.807) is 6.07 Å². The Kier molecular flexibility index (Phi) is 8.00. The van der Waals surface area contributed by atoms with Gasteiger partial charge in [0.1, 0.15) is 11.6 Å². The van der Waals surface area contributed by atoms with Crippen molar-refractivity contribution < 1.29 is 23.4 Å². The van der Waals surface area contributed by atoms with Gasteiger partial charge in [0.2, 0.25) is 0 Å². The molecule has 4 rings (SSSR count). The van der Waals surface area contributed by atoms with Crippen LogP contribution in [0.25, 0.3) is 22.4 Å². The van der Waals surface area contributed by atoms with Crippen LogP contribution in [-0.4, -0.2) is 40.3 Å². The number of carboxylic acids is 1. The molecule has 1 saturated carbocycles. The number of benzene rings is 2. The van der Waals surface area contributed by atoms with Crippen LogP contribution in [0.4, 0.5) is 8.78 Å². The summed E-state index contributed by atoms with van der Waals surface area (Å²) in [4.78, 5) is 10.7. The van der Waals surface area contributed by atoms with Crippen LogP contribution in [0.15, 0.2) is 53.6 Å². The molecule has 8 heteroatoms. The molecule has 0 amide bonds. The van der Waals surface area contributed by atoms with Gasteiger partial charge in [0.25, 0.3) is 0 Å². The van der Waals surface area contributed by atoms with E-state index in [2.05, 4.69) is 0 Å².